The summed E-state index contributed by atoms with van der Waals surface area (Å²) in [5.41, 5.74) is 7.86. The number of benzene rings is 1. The number of hydrogen-bond acceptors (Lipinski definition) is 2. The van der Waals surface area contributed by atoms with E-state index in [0.717, 1.165) is 11.5 Å². The molecule has 1 unspecified atom stereocenters. The average Bonchev–Trinajstić information content (AvgIpc) is 2.63. The Balaban J connectivity index is 2.61. The average molecular weight is 271 g/mol. The highest BCUT2D eigenvalue weighted by Gasteiger charge is 2.23. The lowest BCUT2D eigenvalue weighted by Gasteiger charge is -2.21. The molecular formula is C18H25NO. The minimum Gasteiger partial charge on any atom is -0.466 e. The summed E-state index contributed by atoms with van der Waals surface area (Å²) in [5, 5.41) is 3.46. The molecule has 1 atom stereocenters. The van der Waals surface area contributed by atoms with Crippen LogP contribution in [0.3, 0.4) is 0 Å². The van der Waals surface area contributed by atoms with E-state index in [1.165, 1.54) is 33.4 Å². The predicted molar refractivity (Wildman–Crippen MR) is 84.5 cm³/mol. The topological polar surface area (TPSA) is 25.2 Å². The van der Waals surface area contributed by atoms with E-state index in [1.54, 1.807) is 0 Å². The number of hydrogen-bond donors (Lipinski definition) is 1. The molecule has 108 valence electrons. The summed E-state index contributed by atoms with van der Waals surface area (Å²) in [7, 11) is 2.01. The van der Waals surface area contributed by atoms with Crippen molar-refractivity contribution >= 4 is 0 Å². The van der Waals surface area contributed by atoms with E-state index in [-0.39, 0.29) is 6.04 Å². The molecule has 20 heavy (non-hydrogen) atoms. The molecule has 1 aromatic carbocycles. The van der Waals surface area contributed by atoms with Crippen molar-refractivity contribution in [2.24, 2.45) is 0 Å². The highest BCUT2D eigenvalue weighted by atomic mass is 16.3. The van der Waals surface area contributed by atoms with Gasteiger partial charge in [-0.25, -0.2) is 0 Å². The van der Waals surface area contributed by atoms with Crippen molar-refractivity contribution in [1.29, 1.82) is 0 Å². The van der Waals surface area contributed by atoms with Gasteiger partial charge in [-0.05, 0) is 76.4 Å². The molecule has 1 N–H and O–H groups in total. The van der Waals surface area contributed by atoms with Crippen molar-refractivity contribution in [3.8, 4) is 0 Å². The van der Waals surface area contributed by atoms with Gasteiger partial charge in [0.2, 0.25) is 0 Å². The Morgan fingerprint density at radius 2 is 1.45 bits per heavy atom. The van der Waals surface area contributed by atoms with E-state index in [4.69, 9.17) is 4.42 Å². The van der Waals surface area contributed by atoms with Gasteiger partial charge < -0.3 is 9.73 Å². The van der Waals surface area contributed by atoms with E-state index in [0.29, 0.717) is 0 Å². The first kappa shape index (κ1) is 14.9. The van der Waals surface area contributed by atoms with Gasteiger partial charge in [-0.3, -0.25) is 0 Å². The Morgan fingerprint density at radius 3 is 1.95 bits per heavy atom. The van der Waals surface area contributed by atoms with Gasteiger partial charge in [0.05, 0.1) is 6.04 Å². The van der Waals surface area contributed by atoms with Crippen LogP contribution in [-0.2, 0) is 0 Å². The maximum Gasteiger partial charge on any atom is 0.106 e. The SMILES string of the molecule is CNC(c1cc(C)c(C)cc1C)c1c(C)oc(C)c1C. The zero-order chi connectivity index (χ0) is 15.0. The van der Waals surface area contributed by atoms with Crippen LogP contribution >= 0.6 is 0 Å². The Bertz CT molecular complexity index is 637. The Kier molecular flexibility index (Phi) is 4.05. The van der Waals surface area contributed by atoms with Crippen LogP contribution in [-0.4, -0.2) is 7.05 Å². The lowest BCUT2D eigenvalue weighted by atomic mass is 9.90. The van der Waals surface area contributed by atoms with E-state index < -0.39 is 0 Å². The van der Waals surface area contributed by atoms with E-state index in [1.807, 2.05) is 14.0 Å². The molecule has 2 rings (SSSR count). The normalized spacial score (nSPS) is 12.8. The minimum absolute atomic E-state index is 0.187. The van der Waals surface area contributed by atoms with Crippen molar-refractivity contribution in [3.63, 3.8) is 0 Å². The van der Waals surface area contributed by atoms with Crippen molar-refractivity contribution in [2.45, 2.75) is 47.6 Å². The summed E-state index contributed by atoms with van der Waals surface area (Å²) in [4.78, 5) is 0. The van der Waals surface area contributed by atoms with Gasteiger partial charge in [-0.2, -0.15) is 0 Å². The molecule has 0 amide bonds. The Labute approximate surface area is 122 Å². The number of furan rings is 1. The van der Waals surface area contributed by atoms with E-state index in [9.17, 15) is 0 Å². The minimum atomic E-state index is 0.187. The molecule has 0 bridgehead atoms. The van der Waals surface area contributed by atoms with Gasteiger partial charge in [-0.1, -0.05) is 12.1 Å². The fourth-order valence-electron chi connectivity index (χ4n) is 2.98. The summed E-state index contributed by atoms with van der Waals surface area (Å²) >= 11 is 0. The number of nitrogens with one attached hydrogen (secondary N) is 1. The Morgan fingerprint density at radius 1 is 0.850 bits per heavy atom. The second kappa shape index (κ2) is 5.45. The van der Waals surface area contributed by atoms with Crippen LogP contribution in [0.2, 0.25) is 0 Å². The molecule has 0 saturated carbocycles. The fraction of sp³-hybridized carbons (Fsp3) is 0.444. The van der Waals surface area contributed by atoms with Gasteiger partial charge in [0, 0.05) is 5.56 Å². The molecule has 0 aliphatic carbocycles. The molecule has 0 fully saturated rings. The first-order chi connectivity index (χ1) is 9.36. The second-order valence-electron chi connectivity index (χ2n) is 5.77. The smallest absolute Gasteiger partial charge is 0.106 e. The van der Waals surface area contributed by atoms with Crippen LogP contribution in [0.5, 0.6) is 0 Å². The van der Waals surface area contributed by atoms with Crippen LogP contribution < -0.4 is 5.32 Å². The highest BCUT2D eigenvalue weighted by Crippen LogP contribution is 2.33. The van der Waals surface area contributed by atoms with Crippen LogP contribution in [0.4, 0.5) is 0 Å². The largest absolute Gasteiger partial charge is 0.466 e. The quantitative estimate of drug-likeness (QED) is 0.893. The molecule has 1 heterocycles. The van der Waals surface area contributed by atoms with Crippen molar-refractivity contribution in [1.82, 2.24) is 5.32 Å². The molecule has 1 aromatic heterocycles. The maximum absolute atomic E-state index is 5.80. The Hall–Kier alpha value is -1.54. The van der Waals surface area contributed by atoms with E-state index >= 15 is 0 Å². The molecule has 2 nitrogen and oxygen atoms in total. The molecule has 2 heteroatoms. The zero-order valence-electron chi connectivity index (χ0n) is 13.6. The standard InChI is InChI=1S/C18H25NO/c1-10-8-12(3)16(9-11(10)2)18(19-7)17-13(4)14(5)20-15(17)6/h8-9,18-19H,1-7H3. The van der Waals surface area contributed by atoms with Crippen LogP contribution in [0.15, 0.2) is 16.5 Å². The molecule has 2 aromatic rings. The first-order valence-electron chi connectivity index (χ1n) is 7.18. The third-order valence-corrected chi connectivity index (χ3v) is 4.39. The predicted octanol–water partition coefficient (Wildman–Crippen LogP) is 4.44. The van der Waals surface area contributed by atoms with Gasteiger partial charge in [0.25, 0.3) is 0 Å². The maximum atomic E-state index is 5.80. The number of aryl methyl sites for hydroxylation is 5. The molecule has 0 saturated heterocycles. The second-order valence-corrected chi connectivity index (χ2v) is 5.77. The third-order valence-electron chi connectivity index (χ3n) is 4.39. The van der Waals surface area contributed by atoms with Gasteiger partial charge in [0.1, 0.15) is 11.5 Å². The molecule has 0 radical (unpaired) electrons. The van der Waals surface area contributed by atoms with Gasteiger partial charge in [-0.15, -0.1) is 0 Å². The molecule has 0 aliphatic heterocycles. The molecule has 0 spiro atoms. The van der Waals surface area contributed by atoms with Crippen LogP contribution in [0, 0.1) is 41.5 Å². The highest BCUT2D eigenvalue weighted by molar-refractivity contribution is 5.46. The summed E-state index contributed by atoms with van der Waals surface area (Å²) in [6.07, 6.45) is 0. The lowest BCUT2D eigenvalue weighted by molar-refractivity contribution is 0.495. The van der Waals surface area contributed by atoms with Gasteiger partial charge in [0.15, 0.2) is 0 Å². The fourth-order valence-corrected chi connectivity index (χ4v) is 2.98. The van der Waals surface area contributed by atoms with Crippen molar-refractivity contribution < 1.29 is 4.42 Å². The summed E-state index contributed by atoms with van der Waals surface area (Å²) in [6.45, 7) is 12.7. The molecule has 0 aliphatic rings. The molecular weight excluding hydrogens is 246 g/mol. The van der Waals surface area contributed by atoms with Crippen LogP contribution in [0.25, 0.3) is 0 Å². The number of rotatable bonds is 3. The van der Waals surface area contributed by atoms with Crippen molar-refractivity contribution in [2.75, 3.05) is 7.05 Å². The summed E-state index contributed by atoms with van der Waals surface area (Å²) < 4.78 is 5.80. The summed E-state index contributed by atoms with van der Waals surface area (Å²) in [5.74, 6) is 2.02. The van der Waals surface area contributed by atoms with E-state index in [2.05, 4.69) is 52.1 Å². The monoisotopic (exact) mass is 271 g/mol. The zero-order valence-corrected chi connectivity index (χ0v) is 13.6. The first-order valence-corrected chi connectivity index (χ1v) is 7.18. The summed E-state index contributed by atoms with van der Waals surface area (Å²) in [6, 6.07) is 4.76. The third kappa shape index (κ3) is 2.40. The lowest BCUT2D eigenvalue weighted by Crippen LogP contribution is -2.20. The van der Waals surface area contributed by atoms with Gasteiger partial charge >= 0.3 is 0 Å². The van der Waals surface area contributed by atoms with Crippen molar-refractivity contribution in [3.05, 3.63) is 57.0 Å². The van der Waals surface area contributed by atoms with Crippen LogP contribution in [0.1, 0.15) is 50.9 Å².